The Balaban J connectivity index is 2.39. The van der Waals surface area contributed by atoms with Crippen LogP contribution in [0, 0.1) is 16.7 Å². The molecule has 1 saturated heterocycles. The number of rotatable bonds is 6. The number of hydrogen-bond donors (Lipinski definition) is 2. The molecule has 0 unspecified atom stereocenters. The summed E-state index contributed by atoms with van der Waals surface area (Å²) in [5, 5.41) is 5.73. The molecule has 1 saturated carbocycles. The zero-order chi connectivity index (χ0) is 29.3. The second-order valence-electron chi connectivity index (χ2n) is 14.0. The molecule has 38 heavy (non-hydrogen) atoms. The van der Waals surface area contributed by atoms with Gasteiger partial charge in [0.15, 0.2) is 0 Å². The molecule has 0 aromatic heterocycles. The van der Waals surface area contributed by atoms with E-state index in [9.17, 15) is 19.2 Å². The summed E-state index contributed by atoms with van der Waals surface area (Å²) in [6.07, 6.45) is 1.09. The third-order valence-electron chi connectivity index (χ3n) is 7.37. The molecule has 9 nitrogen and oxygen atoms in total. The number of ether oxygens (including phenoxy) is 2. The van der Waals surface area contributed by atoms with Crippen molar-refractivity contribution in [3.05, 3.63) is 12.2 Å². The molecule has 0 bridgehead atoms. The lowest BCUT2D eigenvalue weighted by atomic mass is 9.79. The van der Waals surface area contributed by atoms with E-state index in [-0.39, 0.29) is 23.8 Å². The second kappa shape index (κ2) is 11.3. The number of carbonyl (C=O) groups excluding carboxylic acids is 4. The molecule has 2 fully saturated rings. The van der Waals surface area contributed by atoms with Crippen molar-refractivity contribution in [2.45, 2.75) is 118 Å². The van der Waals surface area contributed by atoms with Crippen LogP contribution in [0.4, 0.5) is 4.79 Å². The fraction of sp³-hybridized carbons (Fsp3) is 0.793. The molecule has 3 amide bonds. The highest BCUT2D eigenvalue weighted by molar-refractivity contribution is 5.95. The highest BCUT2D eigenvalue weighted by atomic mass is 16.6. The van der Waals surface area contributed by atoms with E-state index in [2.05, 4.69) is 38.0 Å². The first kappa shape index (κ1) is 31.6. The van der Waals surface area contributed by atoms with Crippen LogP contribution in [-0.4, -0.2) is 65.2 Å². The van der Waals surface area contributed by atoms with Gasteiger partial charge in [-0.25, -0.2) is 9.59 Å². The van der Waals surface area contributed by atoms with Crippen molar-refractivity contribution in [3.63, 3.8) is 0 Å². The summed E-state index contributed by atoms with van der Waals surface area (Å²) in [5.41, 5.74) is -1.85. The lowest BCUT2D eigenvalue weighted by Crippen LogP contribution is -2.61. The number of hydrogen-bond acceptors (Lipinski definition) is 6. The van der Waals surface area contributed by atoms with Gasteiger partial charge in [0.2, 0.25) is 11.8 Å². The first-order chi connectivity index (χ1) is 17.2. The number of carbonyl (C=O) groups is 4. The normalized spacial score (nSPS) is 25.1. The van der Waals surface area contributed by atoms with Crippen molar-refractivity contribution < 1.29 is 28.7 Å². The minimum Gasteiger partial charge on any atom is -0.464 e. The van der Waals surface area contributed by atoms with Crippen LogP contribution in [0.2, 0.25) is 0 Å². The Morgan fingerprint density at radius 1 is 1.08 bits per heavy atom. The van der Waals surface area contributed by atoms with E-state index in [1.165, 1.54) is 0 Å². The SMILES string of the molecule is C=C1CC[C@](NC(=O)[C@@H]2C[C@H](C(C)(C)C)CN2C(=O)[C@@H](NC(=O)OC(C)(C)C)C(C)(C)C)(C(=O)OCC)C1. The molecule has 216 valence electrons. The monoisotopic (exact) mass is 535 g/mol. The summed E-state index contributed by atoms with van der Waals surface area (Å²) in [4.78, 5) is 55.1. The quantitative estimate of drug-likeness (QED) is 0.386. The fourth-order valence-corrected chi connectivity index (χ4v) is 5.11. The predicted molar refractivity (Wildman–Crippen MR) is 146 cm³/mol. The molecule has 0 aromatic carbocycles. The topological polar surface area (TPSA) is 114 Å². The Bertz CT molecular complexity index is 939. The van der Waals surface area contributed by atoms with Crippen LogP contribution in [0.15, 0.2) is 12.2 Å². The van der Waals surface area contributed by atoms with E-state index < -0.39 is 46.6 Å². The highest BCUT2D eigenvalue weighted by Crippen LogP contribution is 2.40. The fourth-order valence-electron chi connectivity index (χ4n) is 5.11. The maximum atomic E-state index is 14.1. The summed E-state index contributed by atoms with van der Waals surface area (Å²) < 4.78 is 10.7. The molecule has 2 aliphatic rings. The summed E-state index contributed by atoms with van der Waals surface area (Å²) in [7, 11) is 0. The lowest BCUT2D eigenvalue weighted by molar-refractivity contribution is -0.154. The third kappa shape index (κ3) is 7.73. The molecule has 9 heteroatoms. The van der Waals surface area contributed by atoms with Crippen molar-refractivity contribution in [1.29, 1.82) is 0 Å². The Morgan fingerprint density at radius 2 is 1.68 bits per heavy atom. The van der Waals surface area contributed by atoms with Gasteiger partial charge in [-0.3, -0.25) is 9.59 Å². The average molecular weight is 536 g/mol. The van der Waals surface area contributed by atoms with Crippen LogP contribution >= 0.6 is 0 Å². The molecule has 0 radical (unpaired) electrons. The van der Waals surface area contributed by atoms with Crippen LogP contribution in [0.3, 0.4) is 0 Å². The van der Waals surface area contributed by atoms with Gasteiger partial charge in [-0.1, -0.05) is 53.7 Å². The van der Waals surface area contributed by atoms with Gasteiger partial charge in [0.1, 0.15) is 23.2 Å². The smallest absolute Gasteiger partial charge is 0.408 e. The standard InChI is InChI=1S/C29H49N3O6/c1-12-37-24(35)29(14-13-18(2)16-29)31-22(33)20-15-19(26(3,4)5)17-32(20)23(34)21(27(6,7)8)30-25(36)38-28(9,10)11/h19-21H,2,12-17H2,1,3-11H3,(H,30,36)(H,31,33)/t19-,20-,21+,29+/m0/s1. The van der Waals surface area contributed by atoms with Crippen LogP contribution in [0.25, 0.3) is 0 Å². The van der Waals surface area contributed by atoms with E-state index in [0.29, 0.717) is 32.2 Å². The summed E-state index contributed by atoms with van der Waals surface area (Å²) in [6, 6.07) is -1.71. The summed E-state index contributed by atoms with van der Waals surface area (Å²) >= 11 is 0. The van der Waals surface area contributed by atoms with Gasteiger partial charge >= 0.3 is 12.1 Å². The van der Waals surface area contributed by atoms with Gasteiger partial charge in [-0.05, 0) is 63.7 Å². The van der Waals surface area contributed by atoms with E-state index in [4.69, 9.17) is 9.47 Å². The summed E-state index contributed by atoms with van der Waals surface area (Å²) in [5.74, 6) is -1.18. The van der Waals surface area contributed by atoms with Crippen molar-refractivity contribution in [3.8, 4) is 0 Å². The molecule has 2 N–H and O–H groups in total. The maximum Gasteiger partial charge on any atom is 0.408 e. The van der Waals surface area contributed by atoms with Crippen molar-refractivity contribution in [1.82, 2.24) is 15.5 Å². The van der Waals surface area contributed by atoms with Crippen LogP contribution < -0.4 is 10.6 Å². The first-order valence-corrected chi connectivity index (χ1v) is 13.7. The Kier molecular flexibility index (Phi) is 9.38. The van der Waals surface area contributed by atoms with Gasteiger partial charge in [-0.15, -0.1) is 0 Å². The number of nitrogens with one attached hydrogen (secondary N) is 2. The van der Waals surface area contributed by atoms with Crippen molar-refractivity contribution in [2.24, 2.45) is 16.7 Å². The minimum atomic E-state index is -1.18. The molecule has 1 aliphatic carbocycles. The van der Waals surface area contributed by atoms with Gasteiger partial charge in [-0.2, -0.15) is 0 Å². The molecular weight excluding hydrogens is 486 g/mol. The molecule has 0 spiro atoms. The summed E-state index contributed by atoms with van der Waals surface area (Å²) in [6.45, 7) is 23.4. The van der Waals surface area contributed by atoms with Crippen molar-refractivity contribution in [2.75, 3.05) is 13.2 Å². The first-order valence-electron chi connectivity index (χ1n) is 13.7. The molecule has 2 rings (SSSR count). The van der Waals surface area contributed by atoms with E-state index >= 15 is 0 Å². The lowest BCUT2D eigenvalue weighted by Gasteiger charge is -2.37. The zero-order valence-corrected chi connectivity index (χ0v) is 25.1. The highest BCUT2D eigenvalue weighted by Gasteiger charge is 2.51. The molecule has 4 atom stereocenters. The third-order valence-corrected chi connectivity index (χ3v) is 7.37. The van der Waals surface area contributed by atoms with Crippen LogP contribution in [0.1, 0.15) is 94.9 Å². The predicted octanol–water partition coefficient (Wildman–Crippen LogP) is 4.35. The number of amides is 3. The van der Waals surface area contributed by atoms with E-state index in [0.717, 1.165) is 5.57 Å². The Labute approximate surface area is 228 Å². The maximum absolute atomic E-state index is 14.1. The van der Waals surface area contributed by atoms with Crippen molar-refractivity contribution >= 4 is 23.9 Å². The number of esters is 1. The van der Waals surface area contributed by atoms with Gasteiger partial charge < -0.3 is 25.0 Å². The molecule has 0 aromatic rings. The average Bonchev–Trinajstić information content (AvgIpc) is 3.34. The number of alkyl carbamates (subject to hydrolysis) is 1. The largest absolute Gasteiger partial charge is 0.464 e. The number of likely N-dealkylation sites (tertiary alicyclic amines) is 1. The van der Waals surface area contributed by atoms with Crippen LogP contribution in [0.5, 0.6) is 0 Å². The van der Waals surface area contributed by atoms with Crippen LogP contribution in [-0.2, 0) is 23.9 Å². The van der Waals surface area contributed by atoms with Gasteiger partial charge in [0.25, 0.3) is 0 Å². The van der Waals surface area contributed by atoms with E-state index in [1.54, 1.807) is 32.6 Å². The minimum absolute atomic E-state index is 0.0430. The number of nitrogens with zero attached hydrogens (tertiary/aromatic N) is 1. The second-order valence-corrected chi connectivity index (χ2v) is 14.0. The molecule has 1 aliphatic heterocycles. The Morgan fingerprint density at radius 3 is 2.13 bits per heavy atom. The van der Waals surface area contributed by atoms with Gasteiger partial charge in [0, 0.05) is 13.0 Å². The zero-order valence-electron chi connectivity index (χ0n) is 25.1. The molecular formula is C29H49N3O6. The molecule has 1 heterocycles. The van der Waals surface area contributed by atoms with Gasteiger partial charge in [0.05, 0.1) is 6.61 Å². The van der Waals surface area contributed by atoms with E-state index in [1.807, 2.05) is 20.8 Å². The Hall–Kier alpha value is -2.58.